The molecule has 1 rings (SSSR count). The van der Waals surface area contributed by atoms with Crippen molar-refractivity contribution in [1.82, 2.24) is 0 Å². The van der Waals surface area contributed by atoms with Gasteiger partial charge in [0.25, 0.3) is 0 Å². The fourth-order valence-corrected chi connectivity index (χ4v) is 2.10. The van der Waals surface area contributed by atoms with E-state index in [0.29, 0.717) is 25.4 Å². The Morgan fingerprint density at radius 3 is 2.76 bits per heavy atom. The highest BCUT2D eigenvalue weighted by Crippen LogP contribution is 2.14. The predicted octanol–water partition coefficient (Wildman–Crippen LogP) is 2.17. The molecular formula is C11H15ClO4S. The average Bonchev–Trinajstić information content (AvgIpc) is 2.24. The van der Waals surface area contributed by atoms with E-state index in [1.165, 1.54) is 0 Å². The molecule has 1 aromatic rings. The molecule has 0 bridgehead atoms. The molecule has 0 aliphatic rings. The number of methoxy groups -OCH3 is 1. The van der Waals surface area contributed by atoms with Gasteiger partial charge in [-0.3, -0.25) is 0 Å². The second-order valence-corrected chi connectivity index (χ2v) is 6.42. The van der Waals surface area contributed by atoms with E-state index in [4.69, 9.17) is 20.2 Å². The highest BCUT2D eigenvalue weighted by atomic mass is 35.7. The first kappa shape index (κ1) is 14.3. The highest BCUT2D eigenvalue weighted by Gasteiger charge is 2.04. The lowest BCUT2D eigenvalue weighted by molar-refractivity contribution is 0.184. The Labute approximate surface area is 106 Å². The third-order valence-corrected chi connectivity index (χ3v) is 3.25. The van der Waals surface area contributed by atoms with Gasteiger partial charge in [0.05, 0.1) is 19.0 Å². The van der Waals surface area contributed by atoms with Gasteiger partial charge in [0.2, 0.25) is 9.05 Å². The Kier molecular flexibility index (Phi) is 5.74. The van der Waals surface area contributed by atoms with Gasteiger partial charge in [-0.25, -0.2) is 8.42 Å². The third-order valence-electron chi connectivity index (χ3n) is 2.01. The van der Waals surface area contributed by atoms with Crippen LogP contribution in [0, 0.1) is 0 Å². The van der Waals surface area contributed by atoms with E-state index in [1.54, 1.807) is 7.11 Å². The second-order valence-electron chi connectivity index (χ2n) is 3.53. The van der Waals surface area contributed by atoms with Crippen LogP contribution in [0.5, 0.6) is 5.75 Å². The lowest BCUT2D eigenvalue weighted by Crippen LogP contribution is -2.05. The van der Waals surface area contributed by atoms with E-state index in [2.05, 4.69) is 0 Å². The quantitative estimate of drug-likeness (QED) is 0.567. The van der Waals surface area contributed by atoms with Gasteiger partial charge in [-0.15, -0.1) is 0 Å². The van der Waals surface area contributed by atoms with E-state index in [9.17, 15) is 8.42 Å². The predicted molar refractivity (Wildman–Crippen MR) is 66.9 cm³/mol. The van der Waals surface area contributed by atoms with Gasteiger partial charge in [-0.05, 0) is 24.1 Å². The van der Waals surface area contributed by atoms with Crippen molar-refractivity contribution in [3.05, 3.63) is 29.8 Å². The maximum Gasteiger partial charge on any atom is 0.232 e. The van der Waals surface area contributed by atoms with Crippen LogP contribution in [0.4, 0.5) is 0 Å². The van der Waals surface area contributed by atoms with Gasteiger partial charge in [0, 0.05) is 17.8 Å². The Bertz CT molecular complexity index is 445. The Balaban J connectivity index is 2.38. The number of benzene rings is 1. The summed E-state index contributed by atoms with van der Waals surface area (Å²) in [7, 11) is 3.28. The molecule has 0 fully saturated rings. The van der Waals surface area contributed by atoms with Crippen molar-refractivity contribution in [2.24, 2.45) is 0 Å². The zero-order chi connectivity index (χ0) is 12.7. The summed E-state index contributed by atoms with van der Waals surface area (Å²) in [6, 6.07) is 7.47. The molecular weight excluding hydrogens is 264 g/mol. The zero-order valence-corrected chi connectivity index (χ0v) is 11.1. The number of rotatable bonds is 7. The first-order chi connectivity index (χ1) is 8.01. The summed E-state index contributed by atoms with van der Waals surface area (Å²) >= 11 is 0. The fourth-order valence-electron chi connectivity index (χ4n) is 1.31. The smallest absolute Gasteiger partial charge is 0.232 e. The van der Waals surface area contributed by atoms with Crippen LogP contribution in [0.15, 0.2) is 24.3 Å². The van der Waals surface area contributed by atoms with Crippen molar-refractivity contribution < 1.29 is 17.9 Å². The number of halogens is 1. The summed E-state index contributed by atoms with van der Waals surface area (Å²) in [4.78, 5) is 0. The summed E-state index contributed by atoms with van der Waals surface area (Å²) in [5, 5.41) is 0. The van der Waals surface area contributed by atoms with Crippen LogP contribution in [-0.2, 0) is 20.4 Å². The SMILES string of the molecule is COCc1cccc(OCCCS(=O)(=O)Cl)c1. The Morgan fingerprint density at radius 1 is 1.35 bits per heavy atom. The average molecular weight is 279 g/mol. The lowest BCUT2D eigenvalue weighted by Gasteiger charge is -2.07. The van der Waals surface area contributed by atoms with Crippen molar-refractivity contribution >= 4 is 19.7 Å². The molecule has 0 saturated heterocycles. The first-order valence-corrected chi connectivity index (χ1v) is 7.62. The molecule has 0 N–H and O–H groups in total. The van der Waals surface area contributed by atoms with Gasteiger partial charge in [-0.2, -0.15) is 0 Å². The molecule has 0 heterocycles. The standard InChI is InChI=1S/C11H15ClO4S/c1-15-9-10-4-2-5-11(8-10)16-6-3-7-17(12,13)14/h2,4-5,8H,3,6-7,9H2,1H3. The van der Waals surface area contributed by atoms with Crippen LogP contribution in [-0.4, -0.2) is 27.9 Å². The molecule has 0 atom stereocenters. The normalized spacial score (nSPS) is 11.4. The summed E-state index contributed by atoms with van der Waals surface area (Å²) < 4.78 is 31.8. The van der Waals surface area contributed by atoms with E-state index >= 15 is 0 Å². The molecule has 1 aromatic carbocycles. The molecule has 0 aliphatic heterocycles. The number of ether oxygens (including phenoxy) is 2. The van der Waals surface area contributed by atoms with Crippen molar-refractivity contribution in [1.29, 1.82) is 0 Å². The fraction of sp³-hybridized carbons (Fsp3) is 0.455. The zero-order valence-electron chi connectivity index (χ0n) is 9.56. The van der Waals surface area contributed by atoms with Crippen molar-refractivity contribution in [2.45, 2.75) is 13.0 Å². The van der Waals surface area contributed by atoms with Gasteiger partial charge in [-0.1, -0.05) is 12.1 Å². The molecule has 0 unspecified atom stereocenters. The largest absolute Gasteiger partial charge is 0.494 e. The van der Waals surface area contributed by atoms with Gasteiger partial charge < -0.3 is 9.47 Å². The molecule has 17 heavy (non-hydrogen) atoms. The van der Waals surface area contributed by atoms with Gasteiger partial charge in [0.1, 0.15) is 5.75 Å². The number of hydrogen-bond donors (Lipinski definition) is 0. The summed E-state index contributed by atoms with van der Waals surface area (Å²) in [5.74, 6) is 0.623. The Hall–Kier alpha value is -0.780. The molecule has 0 amide bonds. The van der Waals surface area contributed by atoms with Crippen LogP contribution in [0.1, 0.15) is 12.0 Å². The molecule has 96 valence electrons. The molecule has 4 nitrogen and oxygen atoms in total. The molecule has 0 saturated carbocycles. The molecule has 0 aliphatic carbocycles. The molecule has 0 aromatic heterocycles. The van der Waals surface area contributed by atoms with E-state index in [-0.39, 0.29) is 5.75 Å². The minimum atomic E-state index is -3.42. The third kappa shape index (κ3) is 6.51. The van der Waals surface area contributed by atoms with Crippen molar-refractivity contribution in [2.75, 3.05) is 19.5 Å². The van der Waals surface area contributed by atoms with Crippen LogP contribution in [0.2, 0.25) is 0 Å². The van der Waals surface area contributed by atoms with Crippen LogP contribution in [0.3, 0.4) is 0 Å². The topological polar surface area (TPSA) is 52.6 Å². The Morgan fingerprint density at radius 2 is 2.12 bits per heavy atom. The number of hydrogen-bond acceptors (Lipinski definition) is 4. The lowest BCUT2D eigenvalue weighted by atomic mass is 10.2. The molecule has 0 spiro atoms. The summed E-state index contributed by atoms with van der Waals surface area (Å²) in [5.41, 5.74) is 1.01. The summed E-state index contributed by atoms with van der Waals surface area (Å²) in [6.45, 7) is 0.843. The maximum atomic E-state index is 10.7. The van der Waals surface area contributed by atoms with Crippen LogP contribution >= 0.6 is 10.7 Å². The van der Waals surface area contributed by atoms with E-state index in [0.717, 1.165) is 5.56 Å². The van der Waals surface area contributed by atoms with E-state index in [1.807, 2.05) is 24.3 Å². The molecule has 6 heteroatoms. The maximum absolute atomic E-state index is 10.7. The van der Waals surface area contributed by atoms with E-state index < -0.39 is 9.05 Å². The first-order valence-electron chi connectivity index (χ1n) is 5.14. The highest BCUT2D eigenvalue weighted by molar-refractivity contribution is 8.13. The van der Waals surface area contributed by atoms with Crippen molar-refractivity contribution in [3.63, 3.8) is 0 Å². The minimum absolute atomic E-state index is 0.0771. The molecule has 0 radical (unpaired) electrons. The minimum Gasteiger partial charge on any atom is -0.494 e. The summed E-state index contributed by atoms with van der Waals surface area (Å²) in [6.07, 6.45) is 0.375. The monoisotopic (exact) mass is 278 g/mol. The van der Waals surface area contributed by atoms with Crippen LogP contribution < -0.4 is 4.74 Å². The van der Waals surface area contributed by atoms with Crippen LogP contribution in [0.25, 0.3) is 0 Å². The van der Waals surface area contributed by atoms with Gasteiger partial charge in [0.15, 0.2) is 0 Å². The van der Waals surface area contributed by atoms with Crippen molar-refractivity contribution in [3.8, 4) is 5.75 Å². The van der Waals surface area contributed by atoms with Gasteiger partial charge >= 0.3 is 0 Å². The second kappa shape index (κ2) is 6.83.